The molecule has 5 aromatic rings. The van der Waals surface area contributed by atoms with Crippen LogP contribution in [0.1, 0.15) is 36.5 Å². The van der Waals surface area contributed by atoms with E-state index in [4.69, 9.17) is 14.2 Å². The van der Waals surface area contributed by atoms with E-state index in [1.807, 2.05) is 6.07 Å². The van der Waals surface area contributed by atoms with Crippen molar-refractivity contribution in [3.05, 3.63) is 124 Å². The maximum Gasteiger partial charge on any atom is 0.178 e. The van der Waals surface area contributed by atoms with Gasteiger partial charge in [-0.15, -0.1) is 0 Å². The van der Waals surface area contributed by atoms with Gasteiger partial charge >= 0.3 is 0 Å². The summed E-state index contributed by atoms with van der Waals surface area (Å²) in [5.41, 5.74) is 5.71. The molecule has 1 atom stereocenters. The molecule has 0 aromatic heterocycles. The van der Waals surface area contributed by atoms with Gasteiger partial charge in [0.1, 0.15) is 5.75 Å². The van der Waals surface area contributed by atoms with Gasteiger partial charge in [0.05, 0.1) is 14.2 Å². The van der Waals surface area contributed by atoms with Crippen molar-refractivity contribution in [2.45, 2.75) is 25.4 Å². The van der Waals surface area contributed by atoms with Crippen LogP contribution in [0, 0.1) is 0 Å². The Morgan fingerprint density at radius 1 is 0.791 bits per heavy atom. The summed E-state index contributed by atoms with van der Waals surface area (Å²) in [5, 5.41) is 2.11. The van der Waals surface area contributed by atoms with Crippen molar-refractivity contribution in [2.75, 3.05) is 32.7 Å². The molecule has 1 heterocycles. The predicted octanol–water partition coefficient (Wildman–Crippen LogP) is 9.87. The lowest BCUT2D eigenvalue weighted by molar-refractivity contribution is 0.161. The summed E-state index contributed by atoms with van der Waals surface area (Å²) in [6, 6.07) is 33.9. The average molecular weight is 635 g/mol. The number of ether oxygens (including phenoxy) is 3. The Labute approximate surface area is 262 Å². The first-order chi connectivity index (χ1) is 21.0. The monoisotopic (exact) mass is 633 g/mol. The molecule has 218 valence electrons. The summed E-state index contributed by atoms with van der Waals surface area (Å²) in [5.74, 6) is 2.19. The highest BCUT2D eigenvalue weighted by atomic mass is 79.9. The molecule has 43 heavy (non-hydrogen) atoms. The van der Waals surface area contributed by atoms with Gasteiger partial charge in [0.15, 0.2) is 17.1 Å². The minimum Gasteiger partial charge on any atom is -0.493 e. The Morgan fingerprint density at radius 3 is 2.09 bits per heavy atom. The molecule has 0 fully saturated rings. The molecular formula is C38H36BrNO3. The molecule has 1 aliphatic heterocycles. The summed E-state index contributed by atoms with van der Waals surface area (Å²) in [6.07, 6.45) is 6.73. The Kier molecular flexibility index (Phi) is 8.18. The second-order valence-corrected chi connectivity index (χ2v) is 11.9. The zero-order chi connectivity index (χ0) is 30.0. The topological polar surface area (TPSA) is 30.9 Å². The summed E-state index contributed by atoms with van der Waals surface area (Å²) < 4.78 is 19.7. The van der Waals surface area contributed by atoms with E-state index < -0.39 is 5.60 Å². The molecule has 0 N–H and O–H groups in total. The third-order valence-electron chi connectivity index (χ3n) is 8.34. The van der Waals surface area contributed by atoms with Crippen LogP contribution < -0.4 is 19.1 Å². The van der Waals surface area contributed by atoms with E-state index in [-0.39, 0.29) is 0 Å². The molecular weight excluding hydrogens is 598 g/mol. The molecule has 4 nitrogen and oxygen atoms in total. The van der Waals surface area contributed by atoms with Crippen LogP contribution in [-0.2, 0) is 5.60 Å². The Bertz CT molecular complexity index is 1760. The number of unbranched alkanes of at least 4 members (excludes halogenated alkanes) is 1. The average Bonchev–Trinajstić information content (AvgIpc) is 3.06. The highest BCUT2D eigenvalue weighted by Crippen LogP contribution is 2.48. The Morgan fingerprint density at radius 2 is 1.44 bits per heavy atom. The van der Waals surface area contributed by atoms with E-state index in [0.717, 1.165) is 55.4 Å². The van der Waals surface area contributed by atoms with Crippen LogP contribution in [0.25, 0.3) is 28.0 Å². The van der Waals surface area contributed by atoms with Crippen LogP contribution in [0.3, 0.4) is 0 Å². The van der Waals surface area contributed by atoms with Gasteiger partial charge in [0, 0.05) is 40.4 Å². The van der Waals surface area contributed by atoms with Gasteiger partial charge in [-0.2, -0.15) is 0 Å². The number of rotatable bonds is 9. The fourth-order valence-corrected chi connectivity index (χ4v) is 6.19. The van der Waals surface area contributed by atoms with Gasteiger partial charge in [-0.25, -0.2) is 0 Å². The predicted molar refractivity (Wildman–Crippen MR) is 182 cm³/mol. The molecule has 6 rings (SSSR count). The third-order valence-corrected chi connectivity index (χ3v) is 8.87. The lowest BCUT2D eigenvalue weighted by Gasteiger charge is -2.37. The number of methoxy groups -OCH3 is 2. The first-order valence-electron chi connectivity index (χ1n) is 14.7. The van der Waals surface area contributed by atoms with E-state index >= 15 is 0 Å². The van der Waals surface area contributed by atoms with E-state index in [1.54, 1.807) is 14.2 Å². The van der Waals surface area contributed by atoms with E-state index in [9.17, 15) is 0 Å². The fourth-order valence-electron chi connectivity index (χ4n) is 5.93. The lowest BCUT2D eigenvalue weighted by atomic mass is 9.82. The first kappa shape index (κ1) is 28.9. The highest BCUT2D eigenvalue weighted by Gasteiger charge is 2.38. The molecule has 5 heteroatoms. The van der Waals surface area contributed by atoms with Crippen molar-refractivity contribution >= 4 is 38.5 Å². The number of hydrogen-bond acceptors (Lipinski definition) is 4. The van der Waals surface area contributed by atoms with Crippen LogP contribution in [0.5, 0.6) is 17.2 Å². The summed E-state index contributed by atoms with van der Waals surface area (Å²) >= 11 is 3.59. The molecule has 0 bridgehead atoms. The number of halogens is 1. The second-order valence-electron chi connectivity index (χ2n) is 11.0. The van der Waals surface area contributed by atoms with E-state index in [1.165, 1.54) is 18.5 Å². The minimum atomic E-state index is -0.796. The van der Waals surface area contributed by atoms with Crippen LogP contribution >= 0.6 is 15.9 Å². The molecule has 0 aliphatic carbocycles. The zero-order valence-corrected chi connectivity index (χ0v) is 26.6. The van der Waals surface area contributed by atoms with E-state index in [2.05, 4.69) is 138 Å². The maximum atomic E-state index is 7.20. The fraction of sp³-hybridized carbons (Fsp3) is 0.211. The standard InChI is InChI=1S/C38H36BrNO3/c1-5-6-22-40(2)30-18-14-28(15-19-30)38(27-10-8-7-9-11-27)21-20-31-33-24-36(41-3)37(42-4)25-34(33)32(23-35(31)43-38)26-12-16-29(39)17-13-26/h7-21,23-25H,5-6,22H2,1-4H3. The van der Waals surface area contributed by atoms with Crippen molar-refractivity contribution in [1.82, 2.24) is 0 Å². The van der Waals surface area contributed by atoms with E-state index in [0.29, 0.717) is 11.5 Å². The normalized spacial score (nSPS) is 15.6. The molecule has 0 radical (unpaired) electrons. The smallest absolute Gasteiger partial charge is 0.178 e. The van der Waals surface area contributed by atoms with Crippen LogP contribution in [-0.4, -0.2) is 27.8 Å². The number of benzene rings is 5. The Hall–Kier alpha value is -4.22. The van der Waals surface area contributed by atoms with Gasteiger partial charge < -0.3 is 19.1 Å². The molecule has 5 aromatic carbocycles. The number of fused-ring (bicyclic) bond motifs is 3. The van der Waals surface area contributed by atoms with Crippen molar-refractivity contribution < 1.29 is 14.2 Å². The van der Waals surface area contributed by atoms with Crippen molar-refractivity contribution in [3.8, 4) is 28.4 Å². The van der Waals surface area contributed by atoms with Crippen LogP contribution in [0.2, 0.25) is 0 Å². The molecule has 0 saturated carbocycles. The zero-order valence-electron chi connectivity index (χ0n) is 25.1. The van der Waals surface area contributed by atoms with Gasteiger partial charge in [-0.3, -0.25) is 0 Å². The van der Waals surface area contributed by atoms with Crippen molar-refractivity contribution in [3.63, 3.8) is 0 Å². The summed E-state index contributed by atoms with van der Waals surface area (Å²) in [7, 11) is 5.50. The molecule has 0 amide bonds. The van der Waals surface area contributed by atoms with Crippen LogP contribution in [0.4, 0.5) is 5.69 Å². The largest absolute Gasteiger partial charge is 0.493 e. The summed E-state index contributed by atoms with van der Waals surface area (Å²) in [4.78, 5) is 2.31. The first-order valence-corrected chi connectivity index (χ1v) is 15.5. The quantitative estimate of drug-likeness (QED) is 0.162. The molecule has 1 aliphatic rings. The Balaban J connectivity index is 1.55. The third kappa shape index (κ3) is 5.38. The second kappa shape index (κ2) is 12.2. The van der Waals surface area contributed by atoms with Gasteiger partial charge in [-0.1, -0.05) is 83.9 Å². The SMILES string of the molecule is CCCCN(C)c1ccc(C2(c3ccccc3)C=Cc3c(cc(-c4ccc(Br)cc4)c4cc(OC)c(OC)cc34)O2)cc1. The van der Waals surface area contributed by atoms with Gasteiger partial charge in [0.25, 0.3) is 0 Å². The maximum absolute atomic E-state index is 7.20. The number of nitrogens with zero attached hydrogens (tertiary/aromatic N) is 1. The number of anilines is 1. The van der Waals surface area contributed by atoms with Gasteiger partial charge in [-0.05, 0) is 82.9 Å². The minimum absolute atomic E-state index is 0.682. The molecule has 1 unspecified atom stereocenters. The molecule has 0 saturated heterocycles. The summed E-state index contributed by atoms with van der Waals surface area (Å²) in [6.45, 7) is 3.26. The highest BCUT2D eigenvalue weighted by molar-refractivity contribution is 9.10. The van der Waals surface area contributed by atoms with Crippen molar-refractivity contribution in [2.24, 2.45) is 0 Å². The lowest BCUT2D eigenvalue weighted by Crippen LogP contribution is -2.34. The molecule has 0 spiro atoms. The number of hydrogen-bond donors (Lipinski definition) is 0. The van der Waals surface area contributed by atoms with Crippen molar-refractivity contribution in [1.29, 1.82) is 0 Å². The van der Waals surface area contributed by atoms with Gasteiger partial charge in [0.2, 0.25) is 0 Å². The van der Waals surface area contributed by atoms with Crippen LogP contribution in [0.15, 0.2) is 108 Å².